The lowest BCUT2D eigenvalue weighted by molar-refractivity contribution is -0.118. The molecule has 2 atom stereocenters. The summed E-state index contributed by atoms with van der Waals surface area (Å²) in [6, 6.07) is 11.5. The monoisotopic (exact) mass is 444 g/mol. The fourth-order valence-corrected chi connectivity index (χ4v) is 4.61. The number of nitrogens with zero attached hydrogens (tertiary/aromatic N) is 6. The van der Waals surface area contributed by atoms with Crippen molar-refractivity contribution in [2.24, 2.45) is 5.10 Å². The number of pyridine rings is 1. The number of hydrazone groups is 1. The van der Waals surface area contributed by atoms with Gasteiger partial charge in [-0.25, -0.2) is 4.98 Å². The van der Waals surface area contributed by atoms with E-state index in [1.165, 1.54) is 11.2 Å². The molecule has 33 heavy (non-hydrogen) atoms. The zero-order chi connectivity index (χ0) is 23.7. The van der Waals surface area contributed by atoms with Crippen LogP contribution in [-0.2, 0) is 4.79 Å². The second kappa shape index (κ2) is 9.12. The van der Waals surface area contributed by atoms with Crippen LogP contribution in [0.1, 0.15) is 53.7 Å². The molecule has 0 N–H and O–H groups in total. The fraction of sp³-hybridized carbons (Fsp3) is 0.400. The molecule has 8 nitrogen and oxygen atoms in total. The van der Waals surface area contributed by atoms with E-state index in [4.69, 9.17) is 5.26 Å². The predicted octanol–water partition coefficient (Wildman–Crippen LogP) is 2.93. The van der Waals surface area contributed by atoms with Gasteiger partial charge in [0.15, 0.2) is 5.82 Å². The van der Waals surface area contributed by atoms with Crippen LogP contribution in [0.15, 0.2) is 41.6 Å². The summed E-state index contributed by atoms with van der Waals surface area (Å²) in [5.74, 6) is -0.418. The van der Waals surface area contributed by atoms with E-state index in [1.807, 2.05) is 11.8 Å². The quantitative estimate of drug-likeness (QED) is 0.723. The maximum atomic E-state index is 13.0. The van der Waals surface area contributed by atoms with E-state index in [0.717, 1.165) is 17.7 Å². The molecule has 4 rings (SSSR count). The summed E-state index contributed by atoms with van der Waals surface area (Å²) < 4.78 is 0. The number of aryl methyl sites for hydroxylation is 1. The number of benzene rings is 1. The van der Waals surface area contributed by atoms with E-state index >= 15 is 0 Å². The minimum Gasteiger partial charge on any atom is -0.336 e. The first-order valence-corrected chi connectivity index (χ1v) is 11.2. The Morgan fingerprint density at radius 2 is 2.00 bits per heavy atom. The molecule has 2 aromatic rings. The highest BCUT2D eigenvalue weighted by Gasteiger charge is 2.33. The third-order valence-electron chi connectivity index (χ3n) is 6.38. The van der Waals surface area contributed by atoms with E-state index in [2.05, 4.69) is 41.8 Å². The van der Waals surface area contributed by atoms with Gasteiger partial charge >= 0.3 is 0 Å². The third-order valence-corrected chi connectivity index (χ3v) is 6.38. The van der Waals surface area contributed by atoms with Crippen LogP contribution < -0.4 is 5.01 Å². The Morgan fingerprint density at radius 3 is 2.61 bits per heavy atom. The van der Waals surface area contributed by atoms with Gasteiger partial charge in [0.1, 0.15) is 5.92 Å². The van der Waals surface area contributed by atoms with Crippen LogP contribution in [0.3, 0.4) is 0 Å². The molecule has 8 heteroatoms. The molecule has 1 fully saturated rings. The second-order valence-corrected chi connectivity index (χ2v) is 8.91. The van der Waals surface area contributed by atoms with Crippen molar-refractivity contribution in [3.8, 4) is 6.07 Å². The van der Waals surface area contributed by atoms with Gasteiger partial charge in [-0.05, 0) is 63.1 Å². The summed E-state index contributed by atoms with van der Waals surface area (Å²) in [6.07, 6.45) is 3.10. The summed E-state index contributed by atoms with van der Waals surface area (Å²) >= 11 is 0. The molecule has 1 unspecified atom stereocenters. The molecule has 2 amide bonds. The minimum atomic E-state index is -0.528. The number of carbonyl (C=O) groups is 2. The van der Waals surface area contributed by atoms with Crippen molar-refractivity contribution in [2.45, 2.75) is 45.7 Å². The third kappa shape index (κ3) is 4.37. The molecule has 2 aliphatic rings. The normalized spacial score (nSPS) is 21.0. The van der Waals surface area contributed by atoms with Crippen LogP contribution in [0.4, 0.5) is 5.82 Å². The number of carbonyl (C=O) groups excluding carboxylic acids is 2. The predicted molar refractivity (Wildman–Crippen MR) is 126 cm³/mol. The first-order chi connectivity index (χ1) is 15.8. The van der Waals surface area contributed by atoms with Crippen LogP contribution in [0.25, 0.3) is 0 Å². The lowest BCUT2D eigenvalue weighted by Crippen LogP contribution is -2.55. The summed E-state index contributed by atoms with van der Waals surface area (Å²) in [6.45, 7) is 10.6. The fourth-order valence-electron chi connectivity index (χ4n) is 4.61. The number of rotatable bonds is 4. The van der Waals surface area contributed by atoms with Gasteiger partial charge in [-0.3, -0.25) is 14.5 Å². The topological polar surface area (TPSA) is 92.9 Å². The van der Waals surface area contributed by atoms with Crippen LogP contribution in [-0.4, -0.2) is 64.5 Å². The molecular weight excluding hydrogens is 416 g/mol. The highest BCUT2D eigenvalue weighted by Crippen LogP contribution is 2.28. The summed E-state index contributed by atoms with van der Waals surface area (Å²) in [4.78, 5) is 34.6. The maximum absolute atomic E-state index is 13.0. The smallest absolute Gasteiger partial charge is 0.261 e. The highest BCUT2D eigenvalue weighted by molar-refractivity contribution is 6.12. The van der Waals surface area contributed by atoms with Crippen molar-refractivity contribution in [3.05, 3.63) is 58.8 Å². The van der Waals surface area contributed by atoms with Crippen molar-refractivity contribution in [2.75, 3.05) is 24.6 Å². The van der Waals surface area contributed by atoms with Gasteiger partial charge in [0, 0.05) is 44.1 Å². The van der Waals surface area contributed by atoms with Crippen LogP contribution in [0, 0.1) is 18.3 Å². The van der Waals surface area contributed by atoms with E-state index < -0.39 is 5.92 Å². The second-order valence-electron chi connectivity index (χ2n) is 8.91. The first kappa shape index (κ1) is 22.6. The van der Waals surface area contributed by atoms with Gasteiger partial charge in [0.05, 0.1) is 17.2 Å². The molecule has 1 aromatic carbocycles. The van der Waals surface area contributed by atoms with Crippen molar-refractivity contribution >= 4 is 23.8 Å². The van der Waals surface area contributed by atoms with E-state index in [1.54, 1.807) is 36.5 Å². The average Bonchev–Trinajstić information content (AvgIpc) is 3.19. The molecule has 170 valence electrons. The van der Waals surface area contributed by atoms with Gasteiger partial charge in [-0.15, -0.1) is 0 Å². The zero-order valence-corrected chi connectivity index (χ0v) is 19.4. The molecule has 0 aliphatic carbocycles. The lowest BCUT2D eigenvalue weighted by Gasteiger charge is -2.42. The molecule has 0 bridgehead atoms. The van der Waals surface area contributed by atoms with Gasteiger partial charge in [0.25, 0.3) is 11.8 Å². The largest absolute Gasteiger partial charge is 0.336 e. The number of piperazine rings is 1. The average molecular weight is 445 g/mol. The molecule has 0 spiro atoms. The summed E-state index contributed by atoms with van der Waals surface area (Å²) in [5.41, 5.74) is 2.73. The van der Waals surface area contributed by atoms with E-state index in [0.29, 0.717) is 42.1 Å². The van der Waals surface area contributed by atoms with E-state index in [-0.39, 0.29) is 11.8 Å². The Morgan fingerprint density at radius 1 is 1.21 bits per heavy atom. The van der Waals surface area contributed by atoms with Gasteiger partial charge in [-0.1, -0.05) is 6.07 Å². The summed E-state index contributed by atoms with van der Waals surface area (Å²) in [7, 11) is 0. The van der Waals surface area contributed by atoms with Gasteiger partial charge < -0.3 is 4.90 Å². The Labute approximate surface area is 194 Å². The van der Waals surface area contributed by atoms with Crippen molar-refractivity contribution in [3.63, 3.8) is 0 Å². The number of aromatic nitrogens is 1. The molecular formula is C25H28N6O2. The number of amides is 2. The number of anilines is 1. The molecule has 3 heterocycles. The number of hydrogen-bond acceptors (Lipinski definition) is 6. The maximum Gasteiger partial charge on any atom is 0.261 e. The van der Waals surface area contributed by atoms with Gasteiger partial charge in [0.2, 0.25) is 0 Å². The lowest BCUT2D eigenvalue weighted by atomic mass is 9.94. The Hall–Kier alpha value is -3.57. The number of hydrogen-bond donors (Lipinski definition) is 0. The molecule has 0 saturated carbocycles. The van der Waals surface area contributed by atoms with Crippen molar-refractivity contribution in [1.29, 1.82) is 5.26 Å². The Balaban J connectivity index is 1.45. The number of nitriles is 1. The van der Waals surface area contributed by atoms with E-state index in [9.17, 15) is 9.59 Å². The first-order valence-electron chi connectivity index (χ1n) is 11.2. The van der Waals surface area contributed by atoms with Crippen molar-refractivity contribution < 1.29 is 9.59 Å². The standard InChI is InChI=1S/C25H28N6O2/c1-16(2)30-10-9-29(15-18(30)4)24(32)20-6-8-23(27-13-20)31-25(33)22(14-28-31)21-7-5-19(12-26)11-17(21)3/h5-8,11,13-14,16,18,22H,9-10,15H2,1-4H3/t18-,22?/m1/s1. The Kier molecular flexibility index (Phi) is 6.25. The molecule has 2 aliphatic heterocycles. The minimum absolute atomic E-state index is 0.0494. The molecule has 1 aromatic heterocycles. The van der Waals surface area contributed by atoms with Gasteiger partial charge in [-0.2, -0.15) is 15.4 Å². The SMILES string of the molecule is Cc1cc(C#N)ccc1C1C=NN(c2ccc(C(=O)N3CCN(C(C)C)[C@H](C)C3)cn2)C1=O. The van der Waals surface area contributed by atoms with Crippen LogP contribution >= 0.6 is 0 Å². The highest BCUT2D eigenvalue weighted by atomic mass is 16.2. The van der Waals surface area contributed by atoms with Crippen LogP contribution in [0.5, 0.6) is 0 Å². The molecule has 1 saturated heterocycles. The van der Waals surface area contributed by atoms with Crippen molar-refractivity contribution in [1.82, 2.24) is 14.8 Å². The van der Waals surface area contributed by atoms with Crippen LogP contribution in [0.2, 0.25) is 0 Å². The molecule has 0 radical (unpaired) electrons. The summed E-state index contributed by atoms with van der Waals surface area (Å²) in [5, 5.41) is 14.6. The zero-order valence-electron chi connectivity index (χ0n) is 19.4. The Bertz CT molecular complexity index is 1130.